The first kappa shape index (κ1) is 11.2. The van der Waals surface area contributed by atoms with Crippen LogP contribution in [0.2, 0.25) is 0 Å². The second-order valence-corrected chi connectivity index (χ2v) is 6.85. The molecule has 1 aromatic rings. The molecule has 84 valence electrons. The molecule has 0 spiro atoms. The van der Waals surface area contributed by atoms with Gasteiger partial charge in [0.15, 0.2) is 0 Å². The van der Waals surface area contributed by atoms with E-state index < -0.39 is 0 Å². The van der Waals surface area contributed by atoms with Gasteiger partial charge in [0, 0.05) is 10.4 Å². The smallest absolute Gasteiger partial charge is 0.0208 e. The van der Waals surface area contributed by atoms with Crippen molar-refractivity contribution in [2.24, 2.45) is 11.1 Å². The zero-order chi connectivity index (χ0) is 10.9. The zero-order valence-corrected chi connectivity index (χ0v) is 10.6. The Bertz CT molecular complexity index is 315. The molecule has 1 unspecified atom stereocenters. The molecule has 0 bridgehead atoms. The molecule has 0 amide bonds. The van der Waals surface area contributed by atoms with Crippen LogP contribution in [0.1, 0.15) is 44.4 Å². The van der Waals surface area contributed by atoms with Crippen LogP contribution in [0, 0.1) is 5.41 Å². The summed E-state index contributed by atoms with van der Waals surface area (Å²) in [5.74, 6) is 0. The minimum absolute atomic E-state index is 0.0482. The highest BCUT2D eigenvalue weighted by molar-refractivity contribution is 7.09. The van der Waals surface area contributed by atoms with Crippen LogP contribution in [0.15, 0.2) is 17.5 Å². The van der Waals surface area contributed by atoms with E-state index in [4.69, 9.17) is 5.73 Å². The summed E-state index contributed by atoms with van der Waals surface area (Å²) < 4.78 is 0. The van der Waals surface area contributed by atoms with Gasteiger partial charge >= 0.3 is 0 Å². The van der Waals surface area contributed by atoms with Crippen molar-refractivity contribution in [3.8, 4) is 0 Å². The van der Waals surface area contributed by atoms with Crippen molar-refractivity contribution in [2.45, 2.75) is 51.5 Å². The third-order valence-electron chi connectivity index (χ3n) is 3.47. The van der Waals surface area contributed by atoms with Gasteiger partial charge < -0.3 is 5.73 Å². The average Bonchev–Trinajstić information content (AvgIpc) is 2.52. The Morgan fingerprint density at radius 2 is 2.20 bits per heavy atom. The molecule has 0 radical (unpaired) electrons. The molecule has 15 heavy (non-hydrogen) atoms. The number of hydrogen-bond donors (Lipinski definition) is 1. The van der Waals surface area contributed by atoms with Crippen LogP contribution in [0.25, 0.3) is 0 Å². The lowest BCUT2D eigenvalue weighted by molar-refractivity contribution is 0.151. The van der Waals surface area contributed by atoms with Gasteiger partial charge in [-0.2, -0.15) is 0 Å². The first-order valence-electron chi connectivity index (χ1n) is 5.81. The van der Waals surface area contributed by atoms with Crippen LogP contribution in [-0.2, 0) is 6.42 Å². The SMILES string of the molecule is CC1(C)CCCC(N)(Cc2cccs2)C1. The van der Waals surface area contributed by atoms with Gasteiger partial charge in [-0.15, -0.1) is 11.3 Å². The van der Waals surface area contributed by atoms with Crippen molar-refractivity contribution >= 4 is 11.3 Å². The third-order valence-corrected chi connectivity index (χ3v) is 4.34. The molecule has 1 saturated carbocycles. The topological polar surface area (TPSA) is 26.0 Å². The Morgan fingerprint density at radius 1 is 1.40 bits per heavy atom. The molecule has 2 rings (SSSR count). The standard InChI is InChI=1S/C13H21NS/c1-12(2)6-4-7-13(14,10-12)9-11-5-3-8-15-11/h3,5,8H,4,6-7,9-10,14H2,1-2H3. The summed E-state index contributed by atoms with van der Waals surface area (Å²) in [5.41, 5.74) is 7.02. The normalized spacial score (nSPS) is 30.3. The lowest BCUT2D eigenvalue weighted by Gasteiger charge is -2.42. The summed E-state index contributed by atoms with van der Waals surface area (Å²) in [6.07, 6.45) is 6.03. The second kappa shape index (κ2) is 3.91. The summed E-state index contributed by atoms with van der Waals surface area (Å²) in [6, 6.07) is 4.33. The molecule has 1 heterocycles. The fourth-order valence-corrected chi connectivity index (χ4v) is 3.82. The lowest BCUT2D eigenvalue weighted by atomic mass is 9.67. The molecule has 1 atom stereocenters. The van der Waals surface area contributed by atoms with Gasteiger partial charge in [0.05, 0.1) is 0 Å². The molecule has 1 aliphatic rings. The molecule has 1 aliphatic carbocycles. The van der Waals surface area contributed by atoms with Crippen molar-refractivity contribution in [1.29, 1.82) is 0 Å². The van der Waals surface area contributed by atoms with Gasteiger partial charge in [-0.1, -0.05) is 26.3 Å². The summed E-state index contributed by atoms with van der Waals surface area (Å²) >= 11 is 1.84. The molecule has 1 nitrogen and oxygen atoms in total. The van der Waals surface area contributed by atoms with Gasteiger partial charge in [-0.3, -0.25) is 0 Å². The van der Waals surface area contributed by atoms with Crippen molar-refractivity contribution in [3.05, 3.63) is 22.4 Å². The van der Waals surface area contributed by atoms with Crippen LogP contribution < -0.4 is 5.73 Å². The lowest BCUT2D eigenvalue weighted by Crippen LogP contribution is -2.48. The highest BCUT2D eigenvalue weighted by Gasteiger charge is 2.37. The highest BCUT2D eigenvalue weighted by Crippen LogP contribution is 2.41. The predicted molar refractivity (Wildman–Crippen MR) is 67.2 cm³/mol. The Hall–Kier alpha value is -0.340. The maximum atomic E-state index is 6.53. The Morgan fingerprint density at radius 3 is 2.80 bits per heavy atom. The maximum Gasteiger partial charge on any atom is 0.0208 e. The molecule has 2 N–H and O–H groups in total. The molecule has 1 aromatic heterocycles. The largest absolute Gasteiger partial charge is 0.325 e. The van der Waals surface area contributed by atoms with E-state index in [0.29, 0.717) is 5.41 Å². The van der Waals surface area contributed by atoms with E-state index in [1.807, 2.05) is 11.3 Å². The molecule has 0 saturated heterocycles. The van der Waals surface area contributed by atoms with Gasteiger partial charge in [-0.25, -0.2) is 0 Å². The van der Waals surface area contributed by atoms with E-state index in [1.54, 1.807) is 0 Å². The summed E-state index contributed by atoms with van der Waals surface area (Å²) in [6.45, 7) is 4.70. The van der Waals surface area contributed by atoms with E-state index in [1.165, 1.54) is 24.1 Å². The van der Waals surface area contributed by atoms with E-state index in [-0.39, 0.29) is 5.54 Å². The Labute approximate surface area is 96.7 Å². The molecule has 1 fully saturated rings. The quantitative estimate of drug-likeness (QED) is 0.814. The zero-order valence-electron chi connectivity index (χ0n) is 9.75. The van der Waals surface area contributed by atoms with Crippen molar-refractivity contribution in [1.82, 2.24) is 0 Å². The van der Waals surface area contributed by atoms with Crippen molar-refractivity contribution in [2.75, 3.05) is 0 Å². The molecule has 0 aliphatic heterocycles. The highest BCUT2D eigenvalue weighted by atomic mass is 32.1. The maximum absolute atomic E-state index is 6.53. The van der Waals surface area contributed by atoms with Crippen molar-refractivity contribution < 1.29 is 0 Å². The summed E-state index contributed by atoms with van der Waals surface area (Å²) in [5, 5.41) is 2.15. The molecular weight excluding hydrogens is 202 g/mol. The fourth-order valence-electron chi connectivity index (χ4n) is 2.96. The summed E-state index contributed by atoms with van der Waals surface area (Å²) in [7, 11) is 0. The van der Waals surface area contributed by atoms with Crippen molar-refractivity contribution in [3.63, 3.8) is 0 Å². The van der Waals surface area contributed by atoms with Gasteiger partial charge in [0.1, 0.15) is 0 Å². The summed E-state index contributed by atoms with van der Waals surface area (Å²) in [4.78, 5) is 1.44. The van der Waals surface area contributed by atoms with E-state index >= 15 is 0 Å². The monoisotopic (exact) mass is 223 g/mol. The van der Waals surface area contributed by atoms with E-state index in [2.05, 4.69) is 31.4 Å². The second-order valence-electron chi connectivity index (χ2n) is 5.81. The van der Waals surface area contributed by atoms with Crippen LogP contribution >= 0.6 is 11.3 Å². The number of hydrogen-bond acceptors (Lipinski definition) is 2. The number of thiophene rings is 1. The molecule has 2 heteroatoms. The van der Waals surface area contributed by atoms with E-state index in [0.717, 1.165) is 12.8 Å². The Balaban J connectivity index is 2.06. The van der Waals surface area contributed by atoms with Gasteiger partial charge in [-0.05, 0) is 42.5 Å². The molecule has 0 aromatic carbocycles. The first-order valence-corrected chi connectivity index (χ1v) is 6.68. The average molecular weight is 223 g/mol. The van der Waals surface area contributed by atoms with Gasteiger partial charge in [0.25, 0.3) is 0 Å². The molecular formula is C13H21NS. The van der Waals surface area contributed by atoms with E-state index in [9.17, 15) is 0 Å². The minimum Gasteiger partial charge on any atom is -0.325 e. The van der Waals surface area contributed by atoms with Gasteiger partial charge in [0.2, 0.25) is 0 Å². The van der Waals surface area contributed by atoms with Crippen LogP contribution in [0.4, 0.5) is 0 Å². The predicted octanol–water partition coefficient (Wildman–Crippen LogP) is 3.59. The minimum atomic E-state index is 0.0482. The number of rotatable bonds is 2. The van der Waals surface area contributed by atoms with Crippen LogP contribution in [0.3, 0.4) is 0 Å². The third kappa shape index (κ3) is 2.82. The Kier molecular flexibility index (Phi) is 2.91. The fraction of sp³-hybridized carbons (Fsp3) is 0.692. The number of nitrogens with two attached hydrogens (primary N) is 1. The van der Waals surface area contributed by atoms with Crippen LogP contribution in [-0.4, -0.2) is 5.54 Å². The van der Waals surface area contributed by atoms with Crippen LogP contribution in [0.5, 0.6) is 0 Å². The first-order chi connectivity index (χ1) is 6.99.